The average molecular weight is 287 g/mol. The predicted octanol–water partition coefficient (Wildman–Crippen LogP) is 1.26. The highest BCUT2D eigenvalue weighted by molar-refractivity contribution is 5.82. The molecule has 1 aliphatic rings. The minimum atomic E-state index is -1.14. The first kappa shape index (κ1) is 16.3. The molecule has 0 saturated carbocycles. The van der Waals surface area contributed by atoms with Crippen LogP contribution < -0.4 is 0 Å². The number of carbonyl (C=O) groups is 3. The molecule has 0 radical (unpaired) electrons. The summed E-state index contributed by atoms with van der Waals surface area (Å²) in [6.45, 7) is 4.43. The Kier molecular flexibility index (Phi) is 5.79. The SMILES string of the molecule is CCOC(=O)CC1(C(=O)O)CCN(C(=O)OCC)CC1. The monoisotopic (exact) mass is 287 g/mol. The smallest absolute Gasteiger partial charge is 0.409 e. The summed E-state index contributed by atoms with van der Waals surface area (Å²) < 4.78 is 9.70. The molecule has 7 heteroatoms. The molecule has 0 aromatic carbocycles. The third-order valence-electron chi connectivity index (χ3n) is 3.49. The lowest BCUT2D eigenvalue weighted by Gasteiger charge is -2.37. The number of aliphatic carboxylic acids is 1. The second kappa shape index (κ2) is 7.12. The third kappa shape index (κ3) is 3.85. The summed E-state index contributed by atoms with van der Waals surface area (Å²) in [4.78, 5) is 36.1. The van der Waals surface area contributed by atoms with E-state index in [1.165, 1.54) is 4.90 Å². The van der Waals surface area contributed by atoms with Crippen LogP contribution in [-0.2, 0) is 19.1 Å². The fourth-order valence-corrected chi connectivity index (χ4v) is 2.29. The molecule has 1 rings (SSSR count). The van der Waals surface area contributed by atoms with E-state index >= 15 is 0 Å². The Bertz CT molecular complexity index is 373. The normalized spacial score (nSPS) is 17.4. The maximum absolute atomic E-state index is 11.6. The summed E-state index contributed by atoms with van der Waals surface area (Å²) in [7, 11) is 0. The fourth-order valence-electron chi connectivity index (χ4n) is 2.29. The Morgan fingerprint density at radius 1 is 1.10 bits per heavy atom. The third-order valence-corrected chi connectivity index (χ3v) is 3.49. The minimum Gasteiger partial charge on any atom is -0.481 e. The number of carboxylic acids is 1. The number of likely N-dealkylation sites (tertiary alicyclic amines) is 1. The quantitative estimate of drug-likeness (QED) is 0.765. The van der Waals surface area contributed by atoms with Crippen molar-refractivity contribution < 1.29 is 29.0 Å². The van der Waals surface area contributed by atoms with Gasteiger partial charge in [-0.05, 0) is 26.7 Å². The molecule has 114 valence electrons. The molecular weight excluding hydrogens is 266 g/mol. The maximum atomic E-state index is 11.6. The zero-order valence-electron chi connectivity index (χ0n) is 11.9. The molecule has 0 aliphatic carbocycles. The molecule has 1 heterocycles. The Labute approximate surface area is 117 Å². The number of carboxylic acid groups (broad SMARTS) is 1. The lowest BCUT2D eigenvalue weighted by molar-refractivity contribution is -0.160. The van der Waals surface area contributed by atoms with Crippen LogP contribution in [0, 0.1) is 5.41 Å². The molecule has 7 nitrogen and oxygen atoms in total. The van der Waals surface area contributed by atoms with Gasteiger partial charge in [0.25, 0.3) is 0 Å². The van der Waals surface area contributed by atoms with Gasteiger partial charge in [-0.2, -0.15) is 0 Å². The highest BCUT2D eigenvalue weighted by Crippen LogP contribution is 2.36. The Hall–Kier alpha value is -1.79. The number of carbonyl (C=O) groups excluding carboxylic acids is 2. The van der Waals surface area contributed by atoms with Crippen LogP contribution in [0.2, 0.25) is 0 Å². The largest absolute Gasteiger partial charge is 0.481 e. The van der Waals surface area contributed by atoms with E-state index in [1.54, 1.807) is 13.8 Å². The van der Waals surface area contributed by atoms with Crippen molar-refractivity contribution >= 4 is 18.0 Å². The van der Waals surface area contributed by atoms with E-state index in [4.69, 9.17) is 9.47 Å². The lowest BCUT2D eigenvalue weighted by atomic mass is 9.76. The number of ether oxygens (including phenoxy) is 2. The molecule has 1 fully saturated rings. The summed E-state index contributed by atoms with van der Waals surface area (Å²) in [5, 5.41) is 9.39. The number of hydrogen-bond acceptors (Lipinski definition) is 5. The van der Waals surface area contributed by atoms with Gasteiger partial charge in [0.1, 0.15) is 0 Å². The van der Waals surface area contributed by atoms with Gasteiger partial charge in [-0.15, -0.1) is 0 Å². The van der Waals surface area contributed by atoms with Gasteiger partial charge in [-0.25, -0.2) is 4.79 Å². The van der Waals surface area contributed by atoms with Crippen molar-refractivity contribution in [3.8, 4) is 0 Å². The van der Waals surface area contributed by atoms with Crippen LogP contribution in [-0.4, -0.2) is 54.3 Å². The van der Waals surface area contributed by atoms with E-state index in [0.717, 1.165) is 0 Å². The molecule has 0 aromatic rings. The number of amides is 1. The number of esters is 1. The van der Waals surface area contributed by atoms with E-state index in [0.29, 0.717) is 0 Å². The first-order chi connectivity index (χ1) is 9.45. The number of hydrogen-bond donors (Lipinski definition) is 1. The van der Waals surface area contributed by atoms with Crippen LogP contribution in [0.15, 0.2) is 0 Å². The van der Waals surface area contributed by atoms with E-state index in [2.05, 4.69) is 0 Å². The van der Waals surface area contributed by atoms with E-state index in [1.807, 2.05) is 0 Å². The zero-order chi connectivity index (χ0) is 15.2. The van der Waals surface area contributed by atoms with Crippen molar-refractivity contribution in [2.45, 2.75) is 33.1 Å². The maximum Gasteiger partial charge on any atom is 0.409 e. The van der Waals surface area contributed by atoms with Crippen LogP contribution in [0.1, 0.15) is 33.1 Å². The zero-order valence-corrected chi connectivity index (χ0v) is 11.9. The number of nitrogens with zero attached hydrogens (tertiary/aromatic N) is 1. The fraction of sp³-hybridized carbons (Fsp3) is 0.769. The van der Waals surface area contributed by atoms with Crippen molar-refractivity contribution in [2.24, 2.45) is 5.41 Å². The van der Waals surface area contributed by atoms with Crippen LogP contribution in [0.4, 0.5) is 4.79 Å². The second-order valence-electron chi connectivity index (χ2n) is 4.75. The first-order valence-corrected chi connectivity index (χ1v) is 6.76. The standard InChI is InChI=1S/C13H21NO6/c1-3-19-10(15)9-13(11(16)17)5-7-14(8-6-13)12(18)20-4-2/h3-9H2,1-2H3,(H,16,17). The van der Waals surface area contributed by atoms with Gasteiger partial charge in [0.05, 0.1) is 25.0 Å². The minimum absolute atomic E-state index is 0.160. The van der Waals surface area contributed by atoms with Crippen LogP contribution in [0.5, 0.6) is 0 Å². The van der Waals surface area contributed by atoms with Gasteiger partial charge in [-0.1, -0.05) is 0 Å². The van der Waals surface area contributed by atoms with Gasteiger partial charge in [-0.3, -0.25) is 9.59 Å². The molecule has 0 bridgehead atoms. The predicted molar refractivity (Wildman–Crippen MR) is 69.1 cm³/mol. The Morgan fingerprint density at radius 2 is 1.65 bits per heavy atom. The molecule has 0 atom stereocenters. The van der Waals surface area contributed by atoms with Gasteiger partial charge < -0.3 is 19.5 Å². The lowest BCUT2D eigenvalue weighted by Crippen LogP contribution is -2.47. The highest BCUT2D eigenvalue weighted by atomic mass is 16.6. The number of piperidine rings is 1. The van der Waals surface area contributed by atoms with Crippen molar-refractivity contribution in [1.29, 1.82) is 0 Å². The van der Waals surface area contributed by atoms with E-state index < -0.39 is 23.4 Å². The van der Waals surface area contributed by atoms with Crippen molar-refractivity contribution in [3.05, 3.63) is 0 Å². The van der Waals surface area contributed by atoms with Gasteiger partial charge in [0.2, 0.25) is 0 Å². The Balaban J connectivity index is 2.66. The second-order valence-corrected chi connectivity index (χ2v) is 4.75. The van der Waals surface area contributed by atoms with Crippen LogP contribution in [0.25, 0.3) is 0 Å². The van der Waals surface area contributed by atoms with Crippen LogP contribution >= 0.6 is 0 Å². The van der Waals surface area contributed by atoms with Gasteiger partial charge in [0, 0.05) is 13.1 Å². The first-order valence-electron chi connectivity index (χ1n) is 6.76. The van der Waals surface area contributed by atoms with E-state index in [-0.39, 0.29) is 45.6 Å². The average Bonchev–Trinajstić information content (AvgIpc) is 2.39. The summed E-state index contributed by atoms with van der Waals surface area (Å²) in [6, 6.07) is 0. The van der Waals surface area contributed by atoms with Crippen molar-refractivity contribution in [3.63, 3.8) is 0 Å². The molecule has 20 heavy (non-hydrogen) atoms. The van der Waals surface area contributed by atoms with Gasteiger partial charge in [0.15, 0.2) is 0 Å². The molecular formula is C13H21NO6. The number of rotatable bonds is 5. The summed E-state index contributed by atoms with van der Waals surface area (Å²) in [5.74, 6) is -1.53. The van der Waals surface area contributed by atoms with Crippen molar-refractivity contribution in [2.75, 3.05) is 26.3 Å². The summed E-state index contributed by atoms with van der Waals surface area (Å²) >= 11 is 0. The Morgan fingerprint density at radius 3 is 2.10 bits per heavy atom. The highest BCUT2D eigenvalue weighted by Gasteiger charge is 2.44. The molecule has 1 aliphatic heterocycles. The van der Waals surface area contributed by atoms with E-state index in [9.17, 15) is 19.5 Å². The van der Waals surface area contributed by atoms with Crippen molar-refractivity contribution in [1.82, 2.24) is 4.90 Å². The molecule has 0 unspecified atom stereocenters. The van der Waals surface area contributed by atoms with Crippen LogP contribution in [0.3, 0.4) is 0 Å². The molecule has 1 N–H and O–H groups in total. The van der Waals surface area contributed by atoms with Gasteiger partial charge >= 0.3 is 18.0 Å². The molecule has 1 saturated heterocycles. The molecule has 0 spiro atoms. The topological polar surface area (TPSA) is 93.1 Å². The summed E-state index contributed by atoms with van der Waals surface area (Å²) in [5.41, 5.74) is -1.14. The summed E-state index contributed by atoms with van der Waals surface area (Å²) in [6.07, 6.45) is -0.158. The molecule has 1 amide bonds. The molecule has 0 aromatic heterocycles.